The summed E-state index contributed by atoms with van der Waals surface area (Å²) < 4.78 is 1.82. The van der Waals surface area contributed by atoms with Gasteiger partial charge in [0.25, 0.3) is 0 Å². The molecule has 0 radical (unpaired) electrons. The summed E-state index contributed by atoms with van der Waals surface area (Å²) in [6.45, 7) is 0.162. The predicted molar refractivity (Wildman–Crippen MR) is 94.7 cm³/mol. The Labute approximate surface area is 146 Å². The van der Waals surface area contributed by atoms with Crippen molar-refractivity contribution in [1.29, 1.82) is 0 Å². The maximum Gasteiger partial charge on any atom is 0.240 e. The molecule has 5 nitrogen and oxygen atoms in total. The van der Waals surface area contributed by atoms with Gasteiger partial charge in [-0.25, -0.2) is 4.98 Å². The lowest BCUT2D eigenvalue weighted by Crippen LogP contribution is -2.36. The van der Waals surface area contributed by atoms with Gasteiger partial charge in [0.05, 0.1) is 12.1 Å². The Kier molecular flexibility index (Phi) is 4.07. The summed E-state index contributed by atoms with van der Waals surface area (Å²) in [5, 5.41) is 13.2. The highest BCUT2D eigenvalue weighted by Crippen LogP contribution is 2.31. The summed E-state index contributed by atoms with van der Waals surface area (Å²) in [6, 6.07) is 17.3. The van der Waals surface area contributed by atoms with E-state index in [1.165, 1.54) is 0 Å². The van der Waals surface area contributed by atoms with Gasteiger partial charge >= 0.3 is 0 Å². The minimum Gasteiger partial charge on any atom is -0.390 e. The molecule has 0 saturated carbocycles. The Bertz CT molecular complexity index is 889. The molecule has 1 aromatic heterocycles. The predicted octanol–water partition coefficient (Wildman–Crippen LogP) is 2.32. The van der Waals surface area contributed by atoms with Crippen LogP contribution in [0, 0.1) is 0 Å². The molecule has 0 saturated heterocycles. The number of carbonyl (C=O) groups is 1. The van der Waals surface area contributed by atoms with Crippen LogP contribution >= 0.6 is 0 Å². The molecule has 25 heavy (non-hydrogen) atoms. The van der Waals surface area contributed by atoms with Crippen molar-refractivity contribution in [2.45, 2.75) is 25.1 Å². The van der Waals surface area contributed by atoms with Gasteiger partial charge in [0, 0.05) is 24.4 Å². The van der Waals surface area contributed by atoms with Gasteiger partial charge in [-0.05, 0) is 11.1 Å². The summed E-state index contributed by atoms with van der Waals surface area (Å²) in [5.74, 6) is 0.610. The third-order valence-electron chi connectivity index (χ3n) is 4.58. The van der Waals surface area contributed by atoms with Crippen LogP contribution in [0.3, 0.4) is 0 Å². The number of hydrogen-bond acceptors (Lipinski definition) is 3. The van der Waals surface area contributed by atoms with Crippen molar-refractivity contribution < 1.29 is 9.90 Å². The molecule has 0 unspecified atom stereocenters. The average molecular weight is 333 g/mol. The number of aliphatic hydroxyl groups excluding tert-OH is 1. The van der Waals surface area contributed by atoms with E-state index in [2.05, 4.69) is 10.3 Å². The van der Waals surface area contributed by atoms with Gasteiger partial charge in [0.1, 0.15) is 12.4 Å². The van der Waals surface area contributed by atoms with Crippen molar-refractivity contribution in [1.82, 2.24) is 14.9 Å². The van der Waals surface area contributed by atoms with E-state index in [0.29, 0.717) is 6.42 Å². The first-order valence-electron chi connectivity index (χ1n) is 8.34. The van der Waals surface area contributed by atoms with Crippen molar-refractivity contribution in [2.24, 2.45) is 0 Å². The van der Waals surface area contributed by atoms with E-state index >= 15 is 0 Å². The molecule has 0 spiro atoms. The number of imidazole rings is 1. The summed E-state index contributed by atoms with van der Waals surface area (Å²) >= 11 is 0. The number of aromatic nitrogens is 2. The van der Waals surface area contributed by atoms with Crippen molar-refractivity contribution in [3.63, 3.8) is 0 Å². The van der Waals surface area contributed by atoms with Crippen LogP contribution < -0.4 is 5.32 Å². The van der Waals surface area contributed by atoms with Crippen molar-refractivity contribution in [3.05, 3.63) is 78.1 Å². The molecular formula is C20H19N3O2. The second-order valence-electron chi connectivity index (χ2n) is 6.26. The molecule has 1 amide bonds. The zero-order chi connectivity index (χ0) is 17.2. The molecule has 3 aromatic rings. The van der Waals surface area contributed by atoms with Crippen LogP contribution in [0.1, 0.15) is 17.2 Å². The normalized spacial score (nSPS) is 18.8. The summed E-state index contributed by atoms with van der Waals surface area (Å²) in [7, 11) is 0. The second kappa shape index (κ2) is 6.53. The SMILES string of the molecule is O=C(Cn1ccnc1-c1ccccc1)N[C@@H]1c2ccccc2C[C@@H]1O. The van der Waals surface area contributed by atoms with E-state index in [-0.39, 0.29) is 18.5 Å². The Morgan fingerprint density at radius 3 is 2.76 bits per heavy atom. The van der Waals surface area contributed by atoms with Crippen molar-refractivity contribution >= 4 is 5.91 Å². The summed E-state index contributed by atoms with van der Waals surface area (Å²) in [6.07, 6.45) is 3.47. The third-order valence-corrected chi connectivity index (χ3v) is 4.58. The van der Waals surface area contributed by atoms with Crippen molar-refractivity contribution in [3.8, 4) is 11.4 Å². The van der Waals surface area contributed by atoms with E-state index < -0.39 is 6.10 Å². The fourth-order valence-electron chi connectivity index (χ4n) is 3.41. The first-order valence-corrected chi connectivity index (χ1v) is 8.34. The minimum absolute atomic E-state index is 0.143. The molecule has 0 fully saturated rings. The molecule has 1 aliphatic rings. The van der Waals surface area contributed by atoms with Gasteiger partial charge in [-0.15, -0.1) is 0 Å². The number of fused-ring (bicyclic) bond motifs is 1. The number of carbonyl (C=O) groups excluding carboxylic acids is 1. The Hall–Kier alpha value is -2.92. The van der Waals surface area contributed by atoms with E-state index in [1.54, 1.807) is 12.4 Å². The molecule has 2 atom stereocenters. The number of aliphatic hydroxyl groups is 1. The molecule has 0 aliphatic heterocycles. The zero-order valence-electron chi connectivity index (χ0n) is 13.7. The van der Waals surface area contributed by atoms with Gasteiger partial charge in [0.15, 0.2) is 0 Å². The fourth-order valence-corrected chi connectivity index (χ4v) is 3.41. The Morgan fingerprint density at radius 1 is 1.16 bits per heavy atom. The number of amides is 1. The molecule has 0 bridgehead atoms. The van der Waals surface area contributed by atoms with Gasteiger partial charge in [0.2, 0.25) is 5.91 Å². The molecule has 2 aromatic carbocycles. The molecule has 5 heteroatoms. The smallest absolute Gasteiger partial charge is 0.240 e. The average Bonchev–Trinajstić information content (AvgIpc) is 3.20. The number of benzene rings is 2. The highest BCUT2D eigenvalue weighted by atomic mass is 16.3. The van der Waals surface area contributed by atoms with Crippen LogP contribution in [-0.4, -0.2) is 26.7 Å². The van der Waals surface area contributed by atoms with E-state index in [4.69, 9.17) is 0 Å². The number of nitrogens with zero attached hydrogens (tertiary/aromatic N) is 2. The minimum atomic E-state index is -0.585. The topological polar surface area (TPSA) is 67.2 Å². The maximum absolute atomic E-state index is 12.5. The van der Waals surface area contributed by atoms with Crippen LogP contribution in [0.5, 0.6) is 0 Å². The Balaban J connectivity index is 1.50. The van der Waals surface area contributed by atoms with E-state index in [1.807, 2.05) is 59.2 Å². The van der Waals surface area contributed by atoms with E-state index in [9.17, 15) is 9.90 Å². The molecule has 4 rings (SSSR count). The third kappa shape index (κ3) is 3.06. The monoisotopic (exact) mass is 333 g/mol. The van der Waals surface area contributed by atoms with Crippen LogP contribution in [0.25, 0.3) is 11.4 Å². The first kappa shape index (κ1) is 15.6. The van der Waals surface area contributed by atoms with Crippen LogP contribution in [0.4, 0.5) is 0 Å². The molecule has 1 heterocycles. The molecular weight excluding hydrogens is 314 g/mol. The molecule has 2 N–H and O–H groups in total. The van der Waals surface area contributed by atoms with Crippen LogP contribution in [-0.2, 0) is 17.8 Å². The first-order chi connectivity index (χ1) is 12.2. The summed E-state index contributed by atoms with van der Waals surface area (Å²) in [4.78, 5) is 16.9. The van der Waals surface area contributed by atoms with Gasteiger partial charge in [-0.1, -0.05) is 54.6 Å². The standard InChI is InChI=1S/C20H19N3O2/c24-17-12-15-8-4-5-9-16(15)19(17)22-18(25)13-23-11-10-21-20(23)14-6-2-1-3-7-14/h1-11,17,19,24H,12-13H2,(H,22,25)/t17-,19+/m0/s1. The van der Waals surface area contributed by atoms with Crippen LogP contribution in [0.15, 0.2) is 67.0 Å². The molecule has 1 aliphatic carbocycles. The Morgan fingerprint density at radius 2 is 1.92 bits per heavy atom. The van der Waals surface area contributed by atoms with E-state index in [0.717, 1.165) is 22.5 Å². The maximum atomic E-state index is 12.5. The van der Waals surface area contributed by atoms with Gasteiger partial charge in [-0.3, -0.25) is 4.79 Å². The lowest BCUT2D eigenvalue weighted by atomic mass is 10.1. The second-order valence-corrected chi connectivity index (χ2v) is 6.26. The number of hydrogen-bond donors (Lipinski definition) is 2. The van der Waals surface area contributed by atoms with Crippen LogP contribution in [0.2, 0.25) is 0 Å². The van der Waals surface area contributed by atoms with Crippen molar-refractivity contribution in [2.75, 3.05) is 0 Å². The lowest BCUT2D eigenvalue weighted by molar-refractivity contribution is -0.123. The zero-order valence-corrected chi connectivity index (χ0v) is 13.7. The highest BCUT2D eigenvalue weighted by Gasteiger charge is 2.31. The largest absolute Gasteiger partial charge is 0.390 e. The summed E-state index contributed by atoms with van der Waals surface area (Å²) in [5.41, 5.74) is 3.05. The van der Waals surface area contributed by atoms with Gasteiger partial charge in [-0.2, -0.15) is 0 Å². The number of rotatable bonds is 4. The quantitative estimate of drug-likeness (QED) is 0.770. The highest BCUT2D eigenvalue weighted by molar-refractivity contribution is 5.77. The van der Waals surface area contributed by atoms with Gasteiger partial charge < -0.3 is 15.0 Å². The lowest BCUT2D eigenvalue weighted by Gasteiger charge is -2.18. The fraction of sp³-hybridized carbons (Fsp3) is 0.200. The number of nitrogens with one attached hydrogen (secondary N) is 1. The molecule has 126 valence electrons.